The molecule has 0 spiro atoms. The number of benzene rings is 1. The largest absolute Gasteiger partial charge is 0.493 e. The Hall–Kier alpha value is -2.41. The van der Waals surface area contributed by atoms with E-state index in [-0.39, 0.29) is 5.78 Å². The number of ketones is 1. The van der Waals surface area contributed by atoms with E-state index >= 15 is 0 Å². The summed E-state index contributed by atoms with van der Waals surface area (Å²) in [5, 5.41) is 4.81. The number of nitrogens with zero attached hydrogens (tertiary/aromatic N) is 2. The fourth-order valence-electron chi connectivity index (χ4n) is 3.06. The van der Waals surface area contributed by atoms with Crippen molar-refractivity contribution >= 4 is 28.5 Å². The van der Waals surface area contributed by atoms with Gasteiger partial charge in [-0.3, -0.25) is 10.2 Å². The highest BCUT2D eigenvalue weighted by Gasteiger charge is 2.10. The third-order valence-corrected chi connectivity index (χ3v) is 5.85. The fourth-order valence-corrected chi connectivity index (χ4v) is 3.87. The van der Waals surface area contributed by atoms with Gasteiger partial charge >= 0.3 is 0 Å². The first kappa shape index (κ1) is 23.9. The van der Waals surface area contributed by atoms with Crippen molar-refractivity contribution in [2.24, 2.45) is 5.10 Å². The number of nitrogens with one attached hydrogen (secondary N) is 1. The zero-order chi connectivity index (χ0) is 21.8. The van der Waals surface area contributed by atoms with Gasteiger partial charge in [0.05, 0.1) is 30.5 Å². The van der Waals surface area contributed by atoms with Gasteiger partial charge in [0, 0.05) is 6.92 Å². The second-order valence-corrected chi connectivity index (χ2v) is 8.24. The number of Topliss-reactive ketones (excluding diaryl/α,β-unsaturated/α-hetero) is 1. The van der Waals surface area contributed by atoms with Crippen LogP contribution in [0.2, 0.25) is 0 Å². The first-order valence-electron chi connectivity index (χ1n) is 10.6. The van der Waals surface area contributed by atoms with E-state index in [2.05, 4.69) is 22.4 Å². The summed E-state index contributed by atoms with van der Waals surface area (Å²) >= 11 is 1.30. The van der Waals surface area contributed by atoms with E-state index < -0.39 is 0 Å². The maximum Gasteiger partial charge on any atom is 0.204 e. The minimum absolute atomic E-state index is 0.0128. The van der Waals surface area contributed by atoms with Crippen LogP contribution >= 0.6 is 11.3 Å². The lowest BCUT2D eigenvalue weighted by molar-refractivity contribution is 0.102. The Morgan fingerprint density at radius 3 is 2.57 bits per heavy atom. The molecule has 6 nitrogen and oxygen atoms in total. The van der Waals surface area contributed by atoms with Crippen LogP contribution in [0.4, 0.5) is 5.13 Å². The van der Waals surface area contributed by atoms with Crippen LogP contribution in [0.3, 0.4) is 0 Å². The summed E-state index contributed by atoms with van der Waals surface area (Å²) in [6, 6.07) is 5.73. The van der Waals surface area contributed by atoms with Crippen molar-refractivity contribution in [1.29, 1.82) is 0 Å². The molecule has 1 heterocycles. The van der Waals surface area contributed by atoms with Gasteiger partial charge in [-0.05, 0) is 37.1 Å². The number of methoxy groups -OCH3 is 1. The SMILES string of the molecule is CCCCCCCCCOc1ccc(/C=N\Nc2nc(C)c(C(C)=O)s2)cc1OC. The molecule has 0 amide bonds. The predicted molar refractivity (Wildman–Crippen MR) is 125 cm³/mol. The molecule has 0 aliphatic rings. The first-order valence-corrected chi connectivity index (χ1v) is 11.4. The molecule has 164 valence electrons. The van der Waals surface area contributed by atoms with Crippen LogP contribution in [-0.4, -0.2) is 30.7 Å². The van der Waals surface area contributed by atoms with Gasteiger partial charge in [-0.2, -0.15) is 5.10 Å². The van der Waals surface area contributed by atoms with Gasteiger partial charge in [-0.1, -0.05) is 56.8 Å². The molecule has 30 heavy (non-hydrogen) atoms. The Balaban J connectivity index is 1.82. The molecule has 2 aromatic rings. The summed E-state index contributed by atoms with van der Waals surface area (Å²) < 4.78 is 11.4. The zero-order valence-corrected chi connectivity index (χ0v) is 19.3. The number of hydrogen-bond acceptors (Lipinski definition) is 7. The summed E-state index contributed by atoms with van der Waals surface area (Å²) in [4.78, 5) is 16.5. The highest BCUT2D eigenvalue weighted by atomic mass is 32.1. The van der Waals surface area contributed by atoms with Crippen molar-refractivity contribution in [2.45, 2.75) is 65.7 Å². The monoisotopic (exact) mass is 431 g/mol. The Morgan fingerprint density at radius 1 is 1.17 bits per heavy atom. The topological polar surface area (TPSA) is 72.8 Å². The Labute approximate surface area is 183 Å². The standard InChI is InChI=1S/C23H33N3O3S/c1-5-6-7-8-9-10-11-14-29-20-13-12-19(15-21(20)28-4)16-24-26-23-25-17(2)22(30-23)18(3)27/h12-13,15-16H,5-11,14H2,1-4H3,(H,25,26)/b24-16-. The van der Waals surface area contributed by atoms with Crippen LogP contribution in [0.25, 0.3) is 0 Å². The average molecular weight is 432 g/mol. The highest BCUT2D eigenvalue weighted by Crippen LogP contribution is 2.28. The van der Waals surface area contributed by atoms with Crippen molar-refractivity contribution in [2.75, 3.05) is 19.1 Å². The molecule has 1 aromatic heterocycles. The minimum Gasteiger partial charge on any atom is -0.493 e. The van der Waals surface area contributed by atoms with Crippen LogP contribution in [0.5, 0.6) is 11.5 Å². The Bertz CT molecular complexity index is 833. The maximum absolute atomic E-state index is 11.5. The first-order chi connectivity index (χ1) is 14.5. The number of rotatable bonds is 14. The van der Waals surface area contributed by atoms with Crippen LogP contribution < -0.4 is 14.9 Å². The number of aryl methyl sites for hydroxylation is 1. The molecule has 0 aliphatic heterocycles. The van der Waals surface area contributed by atoms with Crippen molar-refractivity contribution < 1.29 is 14.3 Å². The third-order valence-electron chi connectivity index (χ3n) is 4.68. The molecule has 0 radical (unpaired) electrons. The molecular weight excluding hydrogens is 398 g/mol. The lowest BCUT2D eigenvalue weighted by Crippen LogP contribution is -2.00. The summed E-state index contributed by atoms with van der Waals surface area (Å²) in [7, 11) is 1.64. The number of unbranched alkanes of at least 4 members (excludes halogenated alkanes) is 6. The van der Waals surface area contributed by atoms with E-state index in [0.717, 1.165) is 17.7 Å². The smallest absolute Gasteiger partial charge is 0.204 e. The number of hydrazone groups is 1. The lowest BCUT2D eigenvalue weighted by atomic mass is 10.1. The number of carbonyl (C=O) groups excluding carboxylic acids is 1. The lowest BCUT2D eigenvalue weighted by Gasteiger charge is -2.11. The second-order valence-electron chi connectivity index (χ2n) is 7.24. The fraction of sp³-hybridized carbons (Fsp3) is 0.522. The molecule has 0 unspecified atom stereocenters. The number of hydrogen-bond donors (Lipinski definition) is 1. The molecule has 1 N–H and O–H groups in total. The molecule has 1 aromatic carbocycles. The Kier molecular flexibility index (Phi) is 10.3. The predicted octanol–water partition coefficient (Wildman–Crippen LogP) is 6.24. The summed E-state index contributed by atoms with van der Waals surface area (Å²) in [5.74, 6) is 1.44. The number of carbonyl (C=O) groups is 1. The summed E-state index contributed by atoms with van der Waals surface area (Å²) in [5.41, 5.74) is 4.47. The molecule has 0 saturated heterocycles. The normalized spacial score (nSPS) is 11.1. The second kappa shape index (κ2) is 13.0. The maximum atomic E-state index is 11.5. The minimum atomic E-state index is 0.0128. The Morgan fingerprint density at radius 2 is 1.90 bits per heavy atom. The average Bonchev–Trinajstić information content (AvgIpc) is 3.11. The number of anilines is 1. The van der Waals surface area contributed by atoms with E-state index in [1.54, 1.807) is 13.3 Å². The van der Waals surface area contributed by atoms with Gasteiger partial charge in [0.2, 0.25) is 5.13 Å². The summed E-state index contributed by atoms with van der Waals surface area (Å²) in [6.45, 7) is 6.29. The van der Waals surface area contributed by atoms with Crippen LogP contribution in [0, 0.1) is 6.92 Å². The van der Waals surface area contributed by atoms with Crippen LogP contribution in [0.15, 0.2) is 23.3 Å². The van der Waals surface area contributed by atoms with E-state index in [4.69, 9.17) is 9.47 Å². The van der Waals surface area contributed by atoms with E-state index in [1.165, 1.54) is 56.8 Å². The number of aromatic nitrogens is 1. The van der Waals surface area contributed by atoms with E-state index in [1.807, 2.05) is 25.1 Å². The molecule has 0 saturated carbocycles. The van der Waals surface area contributed by atoms with Gasteiger partial charge in [0.1, 0.15) is 0 Å². The molecule has 0 bridgehead atoms. The van der Waals surface area contributed by atoms with Gasteiger partial charge < -0.3 is 9.47 Å². The van der Waals surface area contributed by atoms with Gasteiger partial charge in [0.25, 0.3) is 0 Å². The number of thiazole rings is 1. The molecule has 0 atom stereocenters. The molecular formula is C23H33N3O3S. The number of ether oxygens (including phenoxy) is 2. The van der Waals surface area contributed by atoms with Crippen LogP contribution in [-0.2, 0) is 0 Å². The third kappa shape index (κ3) is 7.78. The van der Waals surface area contributed by atoms with Gasteiger partial charge in [-0.25, -0.2) is 4.98 Å². The quantitative estimate of drug-likeness (QED) is 0.166. The van der Waals surface area contributed by atoms with Crippen molar-refractivity contribution in [3.05, 3.63) is 34.3 Å². The zero-order valence-electron chi connectivity index (χ0n) is 18.5. The molecule has 7 heteroatoms. The van der Waals surface area contributed by atoms with Crippen molar-refractivity contribution in [1.82, 2.24) is 4.98 Å². The van der Waals surface area contributed by atoms with Gasteiger partial charge in [-0.15, -0.1) is 0 Å². The van der Waals surface area contributed by atoms with Crippen molar-refractivity contribution in [3.8, 4) is 11.5 Å². The van der Waals surface area contributed by atoms with Gasteiger partial charge in [0.15, 0.2) is 17.3 Å². The summed E-state index contributed by atoms with van der Waals surface area (Å²) in [6.07, 6.45) is 10.5. The van der Waals surface area contributed by atoms with E-state index in [0.29, 0.717) is 28.1 Å². The van der Waals surface area contributed by atoms with E-state index in [9.17, 15) is 4.79 Å². The molecule has 0 aliphatic carbocycles. The highest BCUT2D eigenvalue weighted by molar-refractivity contribution is 7.17. The molecule has 0 fully saturated rings. The van der Waals surface area contributed by atoms with Crippen LogP contribution in [0.1, 0.15) is 79.7 Å². The van der Waals surface area contributed by atoms with Crippen molar-refractivity contribution in [3.63, 3.8) is 0 Å². The molecule has 2 rings (SSSR count).